The molecule has 3 N–H and O–H groups in total. The number of benzene rings is 1. The minimum atomic E-state index is -0.332. The van der Waals surface area contributed by atoms with Gasteiger partial charge in [-0.2, -0.15) is 0 Å². The van der Waals surface area contributed by atoms with Crippen LogP contribution in [0.3, 0.4) is 0 Å². The topological polar surface area (TPSA) is 85.8 Å². The lowest BCUT2D eigenvalue weighted by atomic mass is 10.00. The third-order valence-corrected chi connectivity index (χ3v) is 4.04. The fraction of sp³-hybridized carbons (Fsp3) is 0.500. The zero-order valence-corrected chi connectivity index (χ0v) is 17.9. The SMILES string of the molecule is CCNC(=NCC(C)c1cccc(C)c1)NCCN1C(=O)CNC1=O.I. The van der Waals surface area contributed by atoms with Crippen molar-refractivity contribution >= 4 is 41.9 Å². The van der Waals surface area contributed by atoms with Crippen LogP contribution in [0, 0.1) is 6.92 Å². The van der Waals surface area contributed by atoms with E-state index in [1.807, 2.05) is 6.92 Å². The largest absolute Gasteiger partial charge is 0.357 e. The molecular formula is C18H28IN5O2. The molecule has 0 aromatic heterocycles. The van der Waals surface area contributed by atoms with Crippen molar-refractivity contribution in [2.75, 3.05) is 32.7 Å². The van der Waals surface area contributed by atoms with E-state index in [0.29, 0.717) is 31.5 Å². The highest BCUT2D eigenvalue weighted by molar-refractivity contribution is 14.0. The second kappa shape index (κ2) is 11.0. The third kappa shape index (κ3) is 6.47. The van der Waals surface area contributed by atoms with Crippen LogP contribution in [0.1, 0.15) is 30.9 Å². The second-order valence-corrected chi connectivity index (χ2v) is 6.17. The molecule has 1 aliphatic rings. The normalized spacial score (nSPS) is 15.3. The van der Waals surface area contributed by atoms with Crippen LogP contribution in [0.4, 0.5) is 4.79 Å². The Hall–Kier alpha value is -1.84. The Balaban J connectivity index is 0.00000338. The molecule has 2 rings (SSSR count). The first kappa shape index (κ1) is 22.2. The second-order valence-electron chi connectivity index (χ2n) is 6.17. The van der Waals surface area contributed by atoms with Crippen molar-refractivity contribution in [2.45, 2.75) is 26.7 Å². The number of halogens is 1. The van der Waals surface area contributed by atoms with Gasteiger partial charge in [-0.15, -0.1) is 24.0 Å². The fourth-order valence-electron chi connectivity index (χ4n) is 2.62. The van der Waals surface area contributed by atoms with Crippen molar-refractivity contribution in [1.29, 1.82) is 0 Å². The Morgan fingerprint density at radius 2 is 2.12 bits per heavy atom. The van der Waals surface area contributed by atoms with Gasteiger partial charge in [0.2, 0.25) is 5.91 Å². The van der Waals surface area contributed by atoms with E-state index in [9.17, 15) is 9.59 Å². The summed E-state index contributed by atoms with van der Waals surface area (Å²) in [7, 11) is 0. The maximum atomic E-state index is 11.6. The molecule has 1 atom stereocenters. The number of amides is 3. The summed E-state index contributed by atoms with van der Waals surface area (Å²) < 4.78 is 0. The molecule has 0 aliphatic carbocycles. The van der Waals surface area contributed by atoms with Gasteiger partial charge in [0.15, 0.2) is 5.96 Å². The molecule has 7 nitrogen and oxygen atoms in total. The third-order valence-electron chi connectivity index (χ3n) is 4.04. The number of aryl methyl sites for hydroxylation is 1. The molecule has 1 aromatic rings. The maximum absolute atomic E-state index is 11.6. The summed E-state index contributed by atoms with van der Waals surface area (Å²) >= 11 is 0. The summed E-state index contributed by atoms with van der Waals surface area (Å²) in [6, 6.07) is 8.11. The van der Waals surface area contributed by atoms with Gasteiger partial charge in [-0.25, -0.2) is 4.79 Å². The van der Waals surface area contributed by atoms with Crippen LogP contribution in [-0.4, -0.2) is 55.5 Å². The molecule has 0 spiro atoms. The summed E-state index contributed by atoms with van der Waals surface area (Å²) in [5, 5.41) is 8.86. The molecule has 0 bridgehead atoms. The standard InChI is InChI=1S/C18H27N5O2.HI/c1-4-19-17(20-8-9-23-16(24)12-22-18(23)25)21-11-14(3)15-7-5-6-13(2)10-15;/h5-7,10,14H,4,8-9,11-12H2,1-3H3,(H,22,25)(H2,19,20,21);1H. The molecule has 1 unspecified atom stereocenters. The van der Waals surface area contributed by atoms with Crippen LogP contribution in [0.15, 0.2) is 29.3 Å². The van der Waals surface area contributed by atoms with E-state index in [1.165, 1.54) is 16.0 Å². The summed E-state index contributed by atoms with van der Waals surface area (Å²) in [6.07, 6.45) is 0. The first-order valence-electron chi connectivity index (χ1n) is 8.68. The van der Waals surface area contributed by atoms with E-state index in [0.717, 1.165) is 6.54 Å². The maximum Gasteiger partial charge on any atom is 0.324 e. The molecule has 144 valence electrons. The Bertz CT molecular complexity index is 634. The van der Waals surface area contributed by atoms with Crippen molar-refractivity contribution in [3.63, 3.8) is 0 Å². The van der Waals surface area contributed by atoms with Crippen LogP contribution in [0.25, 0.3) is 0 Å². The van der Waals surface area contributed by atoms with Crippen molar-refractivity contribution in [3.8, 4) is 0 Å². The minimum absolute atomic E-state index is 0. The number of carbonyl (C=O) groups is 2. The molecule has 8 heteroatoms. The highest BCUT2D eigenvalue weighted by Crippen LogP contribution is 2.16. The fourth-order valence-corrected chi connectivity index (χ4v) is 2.62. The molecule has 1 fully saturated rings. The first-order valence-corrected chi connectivity index (χ1v) is 8.68. The van der Waals surface area contributed by atoms with Crippen LogP contribution in [0.5, 0.6) is 0 Å². The summed E-state index contributed by atoms with van der Waals surface area (Å²) in [4.78, 5) is 28.9. The average molecular weight is 473 g/mol. The van der Waals surface area contributed by atoms with Gasteiger partial charge in [0.1, 0.15) is 0 Å². The number of imide groups is 1. The number of urea groups is 1. The molecule has 0 radical (unpaired) electrons. The number of nitrogens with zero attached hydrogens (tertiary/aromatic N) is 2. The lowest BCUT2D eigenvalue weighted by Crippen LogP contribution is -2.43. The molecule has 26 heavy (non-hydrogen) atoms. The molecule has 1 saturated heterocycles. The Kier molecular flexibility index (Phi) is 9.39. The predicted octanol–water partition coefficient (Wildman–Crippen LogP) is 1.82. The van der Waals surface area contributed by atoms with E-state index < -0.39 is 0 Å². The zero-order chi connectivity index (χ0) is 18.2. The highest BCUT2D eigenvalue weighted by Gasteiger charge is 2.27. The molecule has 1 aromatic carbocycles. The van der Waals surface area contributed by atoms with Crippen LogP contribution < -0.4 is 16.0 Å². The summed E-state index contributed by atoms with van der Waals surface area (Å²) in [6.45, 7) is 8.50. The number of aliphatic imine (C=N–C) groups is 1. The van der Waals surface area contributed by atoms with Gasteiger partial charge in [0.05, 0.1) is 6.54 Å². The average Bonchev–Trinajstić information content (AvgIpc) is 2.91. The molecule has 1 aliphatic heterocycles. The lowest BCUT2D eigenvalue weighted by molar-refractivity contribution is -0.124. The minimum Gasteiger partial charge on any atom is -0.357 e. The van der Waals surface area contributed by atoms with E-state index in [-0.39, 0.29) is 42.5 Å². The quantitative estimate of drug-likeness (QED) is 0.244. The van der Waals surface area contributed by atoms with Gasteiger partial charge in [0, 0.05) is 32.1 Å². The number of guanidine groups is 1. The number of rotatable bonds is 7. The molecule has 3 amide bonds. The van der Waals surface area contributed by atoms with Gasteiger partial charge in [-0.05, 0) is 19.4 Å². The highest BCUT2D eigenvalue weighted by atomic mass is 127. The van der Waals surface area contributed by atoms with Crippen molar-refractivity contribution < 1.29 is 9.59 Å². The van der Waals surface area contributed by atoms with Gasteiger partial charge in [0.25, 0.3) is 0 Å². The first-order chi connectivity index (χ1) is 12.0. The number of hydrogen-bond donors (Lipinski definition) is 3. The molecule has 1 heterocycles. The van der Waals surface area contributed by atoms with Crippen LogP contribution in [-0.2, 0) is 4.79 Å². The summed E-state index contributed by atoms with van der Waals surface area (Å²) in [5.74, 6) is 0.803. The van der Waals surface area contributed by atoms with Crippen molar-refractivity contribution in [1.82, 2.24) is 20.9 Å². The lowest BCUT2D eigenvalue weighted by Gasteiger charge is -2.16. The number of nitrogens with one attached hydrogen (secondary N) is 3. The van der Waals surface area contributed by atoms with E-state index in [1.54, 1.807) is 0 Å². The number of hydrogen-bond acceptors (Lipinski definition) is 3. The van der Waals surface area contributed by atoms with Crippen molar-refractivity contribution in [3.05, 3.63) is 35.4 Å². The van der Waals surface area contributed by atoms with E-state index >= 15 is 0 Å². The van der Waals surface area contributed by atoms with Crippen LogP contribution in [0.2, 0.25) is 0 Å². The smallest absolute Gasteiger partial charge is 0.324 e. The van der Waals surface area contributed by atoms with Gasteiger partial charge in [-0.3, -0.25) is 14.7 Å². The van der Waals surface area contributed by atoms with E-state index in [4.69, 9.17) is 0 Å². The molecule has 0 saturated carbocycles. The summed E-state index contributed by atoms with van der Waals surface area (Å²) in [5.41, 5.74) is 2.51. The van der Waals surface area contributed by atoms with Gasteiger partial charge >= 0.3 is 6.03 Å². The Morgan fingerprint density at radius 1 is 1.35 bits per heavy atom. The zero-order valence-electron chi connectivity index (χ0n) is 15.5. The van der Waals surface area contributed by atoms with E-state index in [2.05, 4.69) is 59.1 Å². The monoisotopic (exact) mass is 473 g/mol. The van der Waals surface area contributed by atoms with Crippen LogP contribution >= 0.6 is 24.0 Å². The Morgan fingerprint density at radius 3 is 2.73 bits per heavy atom. The van der Waals surface area contributed by atoms with Crippen molar-refractivity contribution in [2.24, 2.45) is 4.99 Å². The number of carbonyl (C=O) groups excluding carboxylic acids is 2. The molecular weight excluding hydrogens is 445 g/mol. The predicted molar refractivity (Wildman–Crippen MR) is 114 cm³/mol. The Labute approximate surface area is 172 Å². The van der Waals surface area contributed by atoms with Gasteiger partial charge in [-0.1, -0.05) is 36.8 Å². The van der Waals surface area contributed by atoms with Gasteiger partial charge < -0.3 is 16.0 Å².